The molecule has 2 fully saturated rings. The second kappa shape index (κ2) is 5.94. The van der Waals surface area contributed by atoms with Gasteiger partial charge in [0.2, 0.25) is 0 Å². The molecule has 1 saturated carbocycles. The van der Waals surface area contributed by atoms with Gasteiger partial charge in [0, 0.05) is 31.3 Å². The van der Waals surface area contributed by atoms with Gasteiger partial charge in [0.1, 0.15) is 17.2 Å². The van der Waals surface area contributed by atoms with Gasteiger partial charge < -0.3 is 20.5 Å². The van der Waals surface area contributed by atoms with Crippen molar-refractivity contribution in [2.75, 3.05) is 30.9 Å². The van der Waals surface area contributed by atoms with Crippen LogP contribution in [0.4, 0.5) is 11.6 Å². The molecule has 7 heteroatoms. The highest BCUT2D eigenvalue weighted by Crippen LogP contribution is 2.52. The molecular weight excluding hydrogens is 292 g/mol. The summed E-state index contributed by atoms with van der Waals surface area (Å²) in [6.45, 7) is 4.33. The summed E-state index contributed by atoms with van der Waals surface area (Å²) in [6, 6.07) is 0.282. The summed E-state index contributed by atoms with van der Waals surface area (Å²) in [5.41, 5.74) is 5.84. The van der Waals surface area contributed by atoms with Crippen molar-refractivity contribution in [1.82, 2.24) is 9.97 Å². The topological polar surface area (TPSA) is 82.3 Å². The van der Waals surface area contributed by atoms with E-state index in [4.69, 9.17) is 26.8 Å². The first-order chi connectivity index (χ1) is 10.2. The molecule has 3 rings (SSSR count). The van der Waals surface area contributed by atoms with Gasteiger partial charge in [-0.2, -0.15) is 0 Å². The van der Waals surface area contributed by atoms with E-state index < -0.39 is 0 Å². The fourth-order valence-corrected chi connectivity index (χ4v) is 3.61. The Bertz CT molecular complexity index is 508. The van der Waals surface area contributed by atoms with Crippen molar-refractivity contribution in [2.24, 2.45) is 5.41 Å². The lowest BCUT2D eigenvalue weighted by atomic mass is 9.57. The Morgan fingerprint density at radius 3 is 2.95 bits per heavy atom. The SMILES string of the molecule is CCOC1CC(Nc2ncnc(N)c2Cl)C12CCOCC2. The van der Waals surface area contributed by atoms with E-state index in [0.29, 0.717) is 16.7 Å². The Morgan fingerprint density at radius 1 is 1.48 bits per heavy atom. The number of hydrogen-bond donors (Lipinski definition) is 2. The van der Waals surface area contributed by atoms with Crippen LogP contribution in [-0.2, 0) is 9.47 Å². The maximum Gasteiger partial charge on any atom is 0.150 e. The molecule has 0 amide bonds. The molecule has 2 unspecified atom stereocenters. The molecule has 1 aromatic heterocycles. The number of nitrogens with two attached hydrogens (primary N) is 1. The van der Waals surface area contributed by atoms with Crippen LogP contribution in [0.5, 0.6) is 0 Å². The van der Waals surface area contributed by atoms with E-state index >= 15 is 0 Å². The summed E-state index contributed by atoms with van der Waals surface area (Å²) in [5, 5.41) is 3.83. The normalized spacial score (nSPS) is 27.3. The minimum Gasteiger partial charge on any atom is -0.382 e. The van der Waals surface area contributed by atoms with Gasteiger partial charge >= 0.3 is 0 Å². The average molecular weight is 313 g/mol. The lowest BCUT2D eigenvalue weighted by Crippen LogP contribution is -2.63. The summed E-state index contributed by atoms with van der Waals surface area (Å²) in [6.07, 6.45) is 4.65. The molecule has 0 bridgehead atoms. The summed E-state index contributed by atoms with van der Waals surface area (Å²) in [5.74, 6) is 0.908. The summed E-state index contributed by atoms with van der Waals surface area (Å²) < 4.78 is 11.4. The number of hydrogen-bond acceptors (Lipinski definition) is 6. The third-order valence-electron chi connectivity index (χ3n) is 4.70. The Kier molecular flexibility index (Phi) is 4.19. The third kappa shape index (κ3) is 2.56. The summed E-state index contributed by atoms with van der Waals surface area (Å²) in [4.78, 5) is 8.09. The second-order valence-corrected chi connectivity index (χ2v) is 6.02. The van der Waals surface area contributed by atoms with Crippen molar-refractivity contribution in [3.63, 3.8) is 0 Å². The summed E-state index contributed by atoms with van der Waals surface area (Å²) in [7, 11) is 0. The molecule has 1 spiro atoms. The summed E-state index contributed by atoms with van der Waals surface area (Å²) >= 11 is 6.17. The maximum absolute atomic E-state index is 6.17. The predicted molar refractivity (Wildman–Crippen MR) is 81.4 cm³/mol. The van der Waals surface area contributed by atoms with Gasteiger partial charge in [-0.15, -0.1) is 0 Å². The zero-order valence-electron chi connectivity index (χ0n) is 12.1. The van der Waals surface area contributed by atoms with Crippen LogP contribution >= 0.6 is 11.6 Å². The molecule has 116 valence electrons. The van der Waals surface area contributed by atoms with Gasteiger partial charge in [-0.05, 0) is 26.2 Å². The minimum atomic E-state index is 0.108. The van der Waals surface area contributed by atoms with E-state index in [1.165, 1.54) is 6.33 Å². The predicted octanol–water partition coefficient (Wildman–Crippen LogP) is 2.10. The molecule has 21 heavy (non-hydrogen) atoms. The molecule has 0 radical (unpaired) electrons. The molecule has 0 aromatic carbocycles. The first kappa shape index (κ1) is 14.8. The maximum atomic E-state index is 6.17. The van der Waals surface area contributed by atoms with Gasteiger partial charge in [-0.1, -0.05) is 11.6 Å². The number of anilines is 2. The van der Waals surface area contributed by atoms with Crippen LogP contribution in [0.1, 0.15) is 26.2 Å². The number of rotatable bonds is 4. The fourth-order valence-electron chi connectivity index (χ4n) is 3.46. The van der Waals surface area contributed by atoms with Crippen molar-refractivity contribution in [2.45, 2.75) is 38.3 Å². The Morgan fingerprint density at radius 2 is 2.24 bits per heavy atom. The molecule has 6 nitrogen and oxygen atoms in total. The zero-order valence-corrected chi connectivity index (χ0v) is 12.9. The van der Waals surface area contributed by atoms with Gasteiger partial charge in [-0.3, -0.25) is 0 Å². The van der Waals surface area contributed by atoms with Crippen molar-refractivity contribution in [1.29, 1.82) is 0 Å². The van der Waals surface area contributed by atoms with Crippen molar-refractivity contribution >= 4 is 23.2 Å². The first-order valence-electron chi connectivity index (χ1n) is 7.39. The van der Waals surface area contributed by atoms with Crippen LogP contribution in [0, 0.1) is 5.41 Å². The fraction of sp³-hybridized carbons (Fsp3) is 0.714. The van der Waals surface area contributed by atoms with Gasteiger partial charge in [0.25, 0.3) is 0 Å². The molecule has 3 N–H and O–H groups in total. The highest BCUT2D eigenvalue weighted by atomic mass is 35.5. The lowest BCUT2D eigenvalue weighted by Gasteiger charge is -2.57. The van der Waals surface area contributed by atoms with Crippen molar-refractivity contribution in [3.8, 4) is 0 Å². The van der Waals surface area contributed by atoms with Crippen LogP contribution in [0.2, 0.25) is 5.02 Å². The molecular formula is C14H21ClN4O2. The number of nitrogen functional groups attached to an aromatic ring is 1. The van der Waals surface area contributed by atoms with Gasteiger partial charge in [0.05, 0.1) is 6.10 Å². The van der Waals surface area contributed by atoms with E-state index in [2.05, 4.69) is 15.3 Å². The molecule has 2 atom stereocenters. The lowest BCUT2D eigenvalue weighted by molar-refractivity contribution is -0.159. The van der Waals surface area contributed by atoms with Crippen LogP contribution in [0.3, 0.4) is 0 Å². The third-order valence-corrected chi connectivity index (χ3v) is 5.08. The van der Waals surface area contributed by atoms with Crippen LogP contribution in [0.15, 0.2) is 6.33 Å². The molecule has 1 aromatic rings. The molecule has 2 heterocycles. The van der Waals surface area contributed by atoms with E-state index in [-0.39, 0.29) is 17.6 Å². The monoisotopic (exact) mass is 312 g/mol. The quantitative estimate of drug-likeness (QED) is 0.886. The second-order valence-electron chi connectivity index (χ2n) is 5.64. The number of aromatic nitrogens is 2. The van der Waals surface area contributed by atoms with Crippen LogP contribution in [0.25, 0.3) is 0 Å². The molecule has 1 saturated heterocycles. The first-order valence-corrected chi connectivity index (χ1v) is 7.77. The Labute approximate surface area is 129 Å². The molecule has 1 aliphatic heterocycles. The largest absolute Gasteiger partial charge is 0.382 e. The average Bonchev–Trinajstić information content (AvgIpc) is 2.51. The number of nitrogens with zero attached hydrogens (tertiary/aromatic N) is 2. The Balaban J connectivity index is 1.77. The minimum absolute atomic E-state index is 0.108. The standard InChI is InChI=1S/C14H21ClN4O2/c1-2-21-10-7-9(14(10)3-5-20-6-4-14)19-13-11(15)12(16)17-8-18-13/h8-10H,2-7H2,1H3,(H3,16,17,18,19). The van der Waals surface area contributed by atoms with Crippen molar-refractivity contribution in [3.05, 3.63) is 11.3 Å². The van der Waals surface area contributed by atoms with E-state index in [0.717, 1.165) is 39.1 Å². The van der Waals surface area contributed by atoms with E-state index in [1.807, 2.05) is 6.92 Å². The molecule has 1 aliphatic carbocycles. The highest BCUT2D eigenvalue weighted by Gasteiger charge is 2.56. The van der Waals surface area contributed by atoms with Crippen LogP contribution < -0.4 is 11.1 Å². The smallest absolute Gasteiger partial charge is 0.150 e. The van der Waals surface area contributed by atoms with Gasteiger partial charge in [-0.25, -0.2) is 9.97 Å². The van der Waals surface area contributed by atoms with E-state index in [9.17, 15) is 0 Å². The van der Waals surface area contributed by atoms with Gasteiger partial charge in [0.15, 0.2) is 5.82 Å². The number of ether oxygens (including phenoxy) is 2. The van der Waals surface area contributed by atoms with Crippen LogP contribution in [-0.4, -0.2) is 41.9 Å². The number of nitrogens with one attached hydrogen (secondary N) is 1. The van der Waals surface area contributed by atoms with Crippen molar-refractivity contribution < 1.29 is 9.47 Å². The molecule has 2 aliphatic rings. The van der Waals surface area contributed by atoms with E-state index in [1.54, 1.807) is 0 Å². The highest BCUT2D eigenvalue weighted by molar-refractivity contribution is 6.35. The zero-order chi connectivity index (χ0) is 14.9. The number of halogens is 1. The Hall–Kier alpha value is -1.11.